The summed E-state index contributed by atoms with van der Waals surface area (Å²) in [5.74, 6) is -0.631. The fourth-order valence-corrected chi connectivity index (χ4v) is 3.78. The van der Waals surface area contributed by atoms with Gasteiger partial charge in [-0.1, -0.05) is 11.6 Å². The molecule has 0 radical (unpaired) electrons. The van der Waals surface area contributed by atoms with Gasteiger partial charge in [0.2, 0.25) is 10.0 Å². The Bertz CT molecular complexity index is 589. The first-order valence-electron chi connectivity index (χ1n) is 5.78. The number of aryl methyl sites for hydroxylation is 1. The van der Waals surface area contributed by atoms with E-state index in [-0.39, 0.29) is 11.3 Å². The lowest BCUT2D eigenvalue weighted by atomic mass is 10.2. The highest BCUT2D eigenvalue weighted by Gasteiger charge is 2.26. The number of hydrogen-bond donors (Lipinski definition) is 2. The zero-order valence-electron chi connectivity index (χ0n) is 11.1. The standard InChI is InChI=1S/C12H16ClNO4S2/c1-8-7-9(13)3-4-11(8)20(17,18)14-10(12(15)16)5-6-19-2/h3-4,7,10,14H,5-6H2,1-2H3,(H,15,16). The summed E-state index contributed by atoms with van der Waals surface area (Å²) in [6, 6.07) is 3.21. The maximum Gasteiger partial charge on any atom is 0.321 e. The number of rotatable bonds is 7. The maximum atomic E-state index is 12.2. The molecule has 1 atom stereocenters. The summed E-state index contributed by atoms with van der Waals surface area (Å²) in [6.45, 7) is 1.61. The Balaban J connectivity index is 3.00. The lowest BCUT2D eigenvalue weighted by molar-refractivity contribution is -0.139. The molecule has 0 spiro atoms. The molecule has 5 nitrogen and oxygen atoms in total. The summed E-state index contributed by atoms with van der Waals surface area (Å²) < 4.78 is 26.7. The van der Waals surface area contributed by atoms with Crippen LogP contribution < -0.4 is 4.72 Å². The molecule has 1 rings (SSSR count). The van der Waals surface area contributed by atoms with Crippen molar-refractivity contribution in [3.63, 3.8) is 0 Å². The number of sulfonamides is 1. The molecule has 0 aliphatic rings. The van der Waals surface area contributed by atoms with Crippen molar-refractivity contribution in [2.45, 2.75) is 24.3 Å². The second-order valence-corrected chi connectivity index (χ2v) is 7.31. The zero-order chi connectivity index (χ0) is 15.3. The van der Waals surface area contributed by atoms with Crippen molar-refractivity contribution in [2.24, 2.45) is 0 Å². The number of carbonyl (C=O) groups is 1. The van der Waals surface area contributed by atoms with Gasteiger partial charge in [-0.05, 0) is 49.1 Å². The van der Waals surface area contributed by atoms with Crippen LogP contribution in [-0.4, -0.2) is 37.5 Å². The van der Waals surface area contributed by atoms with Crippen molar-refractivity contribution in [1.82, 2.24) is 4.72 Å². The quantitative estimate of drug-likeness (QED) is 0.796. The van der Waals surface area contributed by atoms with E-state index in [1.807, 2.05) is 6.26 Å². The monoisotopic (exact) mass is 337 g/mol. The van der Waals surface area contributed by atoms with Crippen LogP contribution in [0.4, 0.5) is 0 Å². The predicted octanol–water partition coefficient (Wildman–Crippen LogP) is 2.13. The zero-order valence-corrected chi connectivity index (χ0v) is 13.5. The van der Waals surface area contributed by atoms with Crippen molar-refractivity contribution < 1.29 is 18.3 Å². The normalized spacial score (nSPS) is 13.2. The first-order valence-corrected chi connectivity index (χ1v) is 9.03. The molecule has 1 unspecified atom stereocenters. The Morgan fingerprint density at radius 1 is 1.50 bits per heavy atom. The largest absolute Gasteiger partial charge is 0.480 e. The predicted molar refractivity (Wildman–Crippen MR) is 80.9 cm³/mol. The lowest BCUT2D eigenvalue weighted by Crippen LogP contribution is -2.41. The molecule has 0 saturated heterocycles. The summed E-state index contributed by atoms with van der Waals surface area (Å²) in [6.07, 6.45) is 2.05. The Kier molecular flexibility index (Phi) is 6.32. The van der Waals surface area contributed by atoms with Gasteiger partial charge in [0, 0.05) is 5.02 Å². The summed E-state index contributed by atoms with van der Waals surface area (Å²) in [4.78, 5) is 11.1. The molecule has 0 aromatic heterocycles. The SMILES string of the molecule is CSCCC(NS(=O)(=O)c1ccc(Cl)cc1C)C(=O)O. The third-order valence-corrected chi connectivity index (χ3v) is 5.14. The molecule has 2 N–H and O–H groups in total. The van der Waals surface area contributed by atoms with Gasteiger partial charge < -0.3 is 5.11 Å². The van der Waals surface area contributed by atoms with Gasteiger partial charge in [0.05, 0.1) is 4.90 Å². The Morgan fingerprint density at radius 2 is 2.15 bits per heavy atom. The molecule has 0 aliphatic heterocycles. The molecule has 1 aromatic carbocycles. The molecule has 0 amide bonds. The summed E-state index contributed by atoms with van der Waals surface area (Å²) in [7, 11) is -3.88. The molecule has 0 bridgehead atoms. The smallest absolute Gasteiger partial charge is 0.321 e. The van der Waals surface area contributed by atoms with Gasteiger partial charge in [0.15, 0.2) is 0 Å². The number of halogens is 1. The minimum atomic E-state index is -3.88. The van der Waals surface area contributed by atoms with E-state index in [1.54, 1.807) is 6.92 Å². The molecular weight excluding hydrogens is 322 g/mol. The minimum Gasteiger partial charge on any atom is -0.480 e. The van der Waals surface area contributed by atoms with Crippen LogP contribution >= 0.6 is 23.4 Å². The van der Waals surface area contributed by atoms with Gasteiger partial charge in [-0.25, -0.2) is 8.42 Å². The molecule has 0 saturated carbocycles. The average molecular weight is 338 g/mol. The van der Waals surface area contributed by atoms with Gasteiger partial charge in [-0.2, -0.15) is 16.5 Å². The maximum absolute atomic E-state index is 12.2. The van der Waals surface area contributed by atoms with Crippen LogP contribution in [0.3, 0.4) is 0 Å². The van der Waals surface area contributed by atoms with Crippen molar-refractivity contribution >= 4 is 39.4 Å². The third-order valence-electron chi connectivity index (χ3n) is 2.63. The topological polar surface area (TPSA) is 83.5 Å². The molecule has 0 fully saturated rings. The highest BCUT2D eigenvalue weighted by molar-refractivity contribution is 7.98. The van der Waals surface area contributed by atoms with Gasteiger partial charge in [-0.3, -0.25) is 4.79 Å². The summed E-state index contributed by atoms with van der Waals surface area (Å²) in [5, 5.41) is 9.50. The highest BCUT2D eigenvalue weighted by atomic mass is 35.5. The molecule has 8 heteroatoms. The Morgan fingerprint density at radius 3 is 2.65 bits per heavy atom. The van der Waals surface area contributed by atoms with Crippen LogP contribution in [0.15, 0.2) is 23.1 Å². The highest BCUT2D eigenvalue weighted by Crippen LogP contribution is 2.20. The Labute approximate surface area is 127 Å². The van der Waals surface area contributed by atoms with Crippen molar-refractivity contribution in [3.8, 4) is 0 Å². The van der Waals surface area contributed by atoms with E-state index in [9.17, 15) is 13.2 Å². The lowest BCUT2D eigenvalue weighted by Gasteiger charge is -2.15. The molecule has 1 aromatic rings. The van der Waals surface area contributed by atoms with Gasteiger partial charge >= 0.3 is 5.97 Å². The van der Waals surface area contributed by atoms with Crippen LogP contribution in [0, 0.1) is 6.92 Å². The van der Waals surface area contributed by atoms with Crippen LogP contribution in [0.1, 0.15) is 12.0 Å². The fourth-order valence-electron chi connectivity index (χ4n) is 1.63. The number of benzene rings is 1. The van der Waals surface area contributed by atoms with E-state index in [4.69, 9.17) is 16.7 Å². The Hall–Kier alpha value is -0.760. The minimum absolute atomic E-state index is 0.0392. The van der Waals surface area contributed by atoms with Crippen molar-refractivity contribution in [3.05, 3.63) is 28.8 Å². The first-order chi connectivity index (χ1) is 9.27. The first kappa shape index (κ1) is 17.3. The second kappa shape index (κ2) is 7.31. The number of carboxylic acid groups (broad SMARTS) is 1. The van der Waals surface area contributed by atoms with E-state index in [0.717, 1.165) is 0 Å². The molecule has 0 heterocycles. The van der Waals surface area contributed by atoms with Crippen LogP contribution in [0.25, 0.3) is 0 Å². The number of nitrogens with one attached hydrogen (secondary N) is 1. The number of carboxylic acids is 1. The molecular formula is C12H16ClNO4S2. The van der Waals surface area contributed by atoms with E-state index in [0.29, 0.717) is 16.3 Å². The number of hydrogen-bond acceptors (Lipinski definition) is 4. The fraction of sp³-hybridized carbons (Fsp3) is 0.417. The molecule has 0 aliphatic carbocycles. The summed E-state index contributed by atoms with van der Waals surface area (Å²) in [5.41, 5.74) is 0.471. The van der Waals surface area contributed by atoms with Crippen LogP contribution in [0.5, 0.6) is 0 Å². The van der Waals surface area contributed by atoms with E-state index in [1.165, 1.54) is 30.0 Å². The van der Waals surface area contributed by atoms with Crippen molar-refractivity contribution in [2.75, 3.05) is 12.0 Å². The van der Waals surface area contributed by atoms with Crippen molar-refractivity contribution in [1.29, 1.82) is 0 Å². The number of aliphatic carboxylic acids is 1. The summed E-state index contributed by atoms with van der Waals surface area (Å²) >= 11 is 7.24. The van der Waals surface area contributed by atoms with Gasteiger partial charge in [-0.15, -0.1) is 0 Å². The van der Waals surface area contributed by atoms with E-state index >= 15 is 0 Å². The number of thioether (sulfide) groups is 1. The van der Waals surface area contributed by atoms with Crippen LogP contribution in [0.2, 0.25) is 5.02 Å². The molecule has 20 heavy (non-hydrogen) atoms. The van der Waals surface area contributed by atoms with E-state index in [2.05, 4.69) is 4.72 Å². The van der Waals surface area contributed by atoms with Crippen LogP contribution in [-0.2, 0) is 14.8 Å². The third kappa shape index (κ3) is 4.66. The van der Waals surface area contributed by atoms with E-state index < -0.39 is 22.0 Å². The average Bonchev–Trinajstić information content (AvgIpc) is 2.33. The van der Waals surface area contributed by atoms with Gasteiger partial charge in [0.1, 0.15) is 6.04 Å². The second-order valence-electron chi connectivity index (χ2n) is 4.20. The molecule has 112 valence electrons. The van der Waals surface area contributed by atoms with Gasteiger partial charge in [0.25, 0.3) is 0 Å².